The quantitative estimate of drug-likeness (QED) is 0.799. The van der Waals surface area contributed by atoms with Gasteiger partial charge in [0.2, 0.25) is 10.0 Å². The summed E-state index contributed by atoms with van der Waals surface area (Å²) in [7, 11) is -3.66. The van der Waals surface area contributed by atoms with Crippen molar-refractivity contribution in [3.8, 4) is 0 Å². The summed E-state index contributed by atoms with van der Waals surface area (Å²) >= 11 is 17.7. The van der Waals surface area contributed by atoms with Crippen molar-refractivity contribution in [1.82, 2.24) is 0 Å². The Balaban J connectivity index is 2.24. The van der Waals surface area contributed by atoms with Crippen LogP contribution in [-0.4, -0.2) is 8.42 Å². The molecule has 0 aliphatic rings. The van der Waals surface area contributed by atoms with E-state index in [0.29, 0.717) is 16.3 Å². The van der Waals surface area contributed by atoms with Crippen LogP contribution in [0.25, 0.3) is 0 Å². The van der Waals surface area contributed by atoms with E-state index in [-0.39, 0.29) is 21.5 Å². The molecule has 0 saturated carbocycles. The molecule has 2 aromatic rings. The van der Waals surface area contributed by atoms with Gasteiger partial charge < -0.3 is 5.73 Å². The van der Waals surface area contributed by atoms with Crippen LogP contribution in [0.1, 0.15) is 5.56 Å². The molecule has 0 spiro atoms. The van der Waals surface area contributed by atoms with Crippen molar-refractivity contribution in [2.75, 3.05) is 10.5 Å². The lowest BCUT2D eigenvalue weighted by Gasteiger charge is -2.12. The Morgan fingerprint density at radius 3 is 2.05 bits per heavy atom. The highest BCUT2D eigenvalue weighted by Gasteiger charge is 2.16. The van der Waals surface area contributed by atoms with Crippen LogP contribution in [0.15, 0.2) is 36.4 Å². The molecule has 8 heteroatoms. The molecule has 0 fully saturated rings. The first-order valence-electron chi connectivity index (χ1n) is 5.76. The molecule has 0 aliphatic carbocycles. The van der Waals surface area contributed by atoms with E-state index in [1.165, 1.54) is 12.1 Å². The molecule has 0 radical (unpaired) electrons. The molecular formula is C13H11Cl3N2O2S. The zero-order chi connectivity index (χ0) is 15.6. The largest absolute Gasteiger partial charge is 0.399 e. The second-order valence-electron chi connectivity index (χ2n) is 4.35. The Morgan fingerprint density at radius 1 is 1.00 bits per heavy atom. The lowest BCUT2D eigenvalue weighted by Crippen LogP contribution is -2.15. The minimum Gasteiger partial charge on any atom is -0.399 e. The van der Waals surface area contributed by atoms with Crippen LogP contribution in [0.3, 0.4) is 0 Å². The van der Waals surface area contributed by atoms with Gasteiger partial charge in [-0.1, -0.05) is 46.9 Å². The predicted octanol–water partition coefficient (Wildman–Crippen LogP) is 4.17. The number of rotatable bonds is 4. The molecule has 3 N–H and O–H groups in total. The number of nitrogens with two attached hydrogens (primary N) is 1. The highest BCUT2D eigenvalue weighted by molar-refractivity contribution is 7.91. The summed E-state index contributed by atoms with van der Waals surface area (Å²) < 4.78 is 26.7. The Kier molecular flexibility index (Phi) is 4.88. The van der Waals surface area contributed by atoms with Gasteiger partial charge in [0, 0.05) is 10.7 Å². The van der Waals surface area contributed by atoms with E-state index in [1.54, 1.807) is 24.3 Å². The lowest BCUT2D eigenvalue weighted by atomic mass is 10.2. The average molecular weight is 366 g/mol. The molecule has 0 unspecified atom stereocenters. The second kappa shape index (κ2) is 6.32. The summed E-state index contributed by atoms with van der Waals surface area (Å²) in [4.78, 5) is 0. The maximum Gasteiger partial charge on any atom is 0.237 e. The van der Waals surface area contributed by atoms with Gasteiger partial charge in [0.1, 0.15) is 0 Å². The summed E-state index contributed by atoms with van der Waals surface area (Å²) in [5.41, 5.74) is 6.82. The third kappa shape index (κ3) is 4.41. The molecule has 2 aromatic carbocycles. The van der Waals surface area contributed by atoms with Gasteiger partial charge in [-0.05, 0) is 29.8 Å². The van der Waals surface area contributed by atoms with Gasteiger partial charge in [-0.3, -0.25) is 4.72 Å². The van der Waals surface area contributed by atoms with Crippen molar-refractivity contribution in [2.24, 2.45) is 0 Å². The third-order valence-electron chi connectivity index (χ3n) is 2.60. The zero-order valence-electron chi connectivity index (χ0n) is 10.6. The van der Waals surface area contributed by atoms with Crippen molar-refractivity contribution in [1.29, 1.82) is 0 Å². The van der Waals surface area contributed by atoms with E-state index in [1.807, 2.05) is 0 Å². The molecule has 0 amide bonds. The molecule has 21 heavy (non-hydrogen) atoms. The Morgan fingerprint density at radius 2 is 1.52 bits per heavy atom. The van der Waals surface area contributed by atoms with Gasteiger partial charge in [-0.25, -0.2) is 8.42 Å². The van der Waals surface area contributed by atoms with E-state index in [2.05, 4.69) is 4.72 Å². The Bertz CT molecular complexity index is 738. The van der Waals surface area contributed by atoms with E-state index >= 15 is 0 Å². The number of sulfonamides is 1. The van der Waals surface area contributed by atoms with Crippen LogP contribution >= 0.6 is 34.8 Å². The molecule has 0 bridgehead atoms. The standard InChI is InChI=1S/C13H11Cl3N2O2S/c14-9-5-11(15)13(12(16)6-9)18-21(19,20)7-8-1-3-10(17)4-2-8/h1-6,18H,7,17H2. The number of benzene rings is 2. The lowest BCUT2D eigenvalue weighted by molar-refractivity contribution is 0.600. The van der Waals surface area contributed by atoms with Crippen LogP contribution in [-0.2, 0) is 15.8 Å². The van der Waals surface area contributed by atoms with E-state index in [0.717, 1.165) is 0 Å². The van der Waals surface area contributed by atoms with Crippen molar-refractivity contribution in [3.63, 3.8) is 0 Å². The molecule has 4 nitrogen and oxygen atoms in total. The minimum atomic E-state index is -3.66. The van der Waals surface area contributed by atoms with Gasteiger partial charge in [0.05, 0.1) is 21.5 Å². The molecule has 0 aliphatic heterocycles. The molecule has 0 atom stereocenters. The first-order chi connectivity index (χ1) is 9.77. The maximum absolute atomic E-state index is 12.2. The summed E-state index contributed by atoms with van der Waals surface area (Å²) in [6, 6.07) is 9.37. The van der Waals surface area contributed by atoms with E-state index < -0.39 is 10.0 Å². The van der Waals surface area contributed by atoms with Crippen LogP contribution < -0.4 is 10.5 Å². The summed E-state index contributed by atoms with van der Waals surface area (Å²) in [6.45, 7) is 0. The topological polar surface area (TPSA) is 72.2 Å². The highest BCUT2D eigenvalue weighted by Crippen LogP contribution is 2.34. The average Bonchev–Trinajstić information content (AvgIpc) is 2.36. The maximum atomic E-state index is 12.2. The molecule has 112 valence electrons. The zero-order valence-corrected chi connectivity index (χ0v) is 13.7. The number of nitrogens with one attached hydrogen (secondary N) is 1. The minimum absolute atomic E-state index is 0.109. The van der Waals surface area contributed by atoms with E-state index in [9.17, 15) is 8.42 Å². The molecule has 0 saturated heterocycles. The van der Waals surface area contributed by atoms with Gasteiger partial charge in [-0.2, -0.15) is 0 Å². The fraction of sp³-hybridized carbons (Fsp3) is 0.0769. The van der Waals surface area contributed by atoms with E-state index in [4.69, 9.17) is 40.5 Å². The van der Waals surface area contributed by atoms with Crippen LogP contribution in [0.2, 0.25) is 15.1 Å². The van der Waals surface area contributed by atoms with Gasteiger partial charge in [0.15, 0.2) is 0 Å². The van der Waals surface area contributed by atoms with Crippen LogP contribution in [0.4, 0.5) is 11.4 Å². The number of hydrogen-bond acceptors (Lipinski definition) is 3. The normalized spacial score (nSPS) is 11.4. The number of nitrogen functional groups attached to an aromatic ring is 1. The number of anilines is 2. The monoisotopic (exact) mass is 364 g/mol. The summed E-state index contributed by atoms with van der Waals surface area (Å²) in [5, 5.41) is 0.591. The molecule has 2 rings (SSSR count). The highest BCUT2D eigenvalue weighted by atomic mass is 35.5. The number of halogens is 3. The van der Waals surface area contributed by atoms with Crippen molar-refractivity contribution >= 4 is 56.2 Å². The Hall–Kier alpha value is -1.14. The van der Waals surface area contributed by atoms with Crippen molar-refractivity contribution in [2.45, 2.75) is 5.75 Å². The number of hydrogen-bond donors (Lipinski definition) is 2. The predicted molar refractivity (Wildman–Crippen MR) is 88.6 cm³/mol. The Labute approximate surface area is 137 Å². The summed E-state index contributed by atoms with van der Waals surface area (Å²) in [6.07, 6.45) is 0. The first-order valence-corrected chi connectivity index (χ1v) is 8.55. The van der Waals surface area contributed by atoms with Gasteiger partial charge >= 0.3 is 0 Å². The first kappa shape index (κ1) is 16.2. The smallest absolute Gasteiger partial charge is 0.237 e. The SMILES string of the molecule is Nc1ccc(CS(=O)(=O)Nc2c(Cl)cc(Cl)cc2Cl)cc1. The van der Waals surface area contributed by atoms with Gasteiger partial charge in [0.25, 0.3) is 0 Å². The molecule has 0 heterocycles. The third-order valence-corrected chi connectivity index (χ3v) is 4.64. The van der Waals surface area contributed by atoms with Crippen molar-refractivity contribution < 1.29 is 8.42 Å². The molecule has 0 aromatic heterocycles. The van der Waals surface area contributed by atoms with Gasteiger partial charge in [-0.15, -0.1) is 0 Å². The molecular weight excluding hydrogens is 355 g/mol. The fourth-order valence-corrected chi connectivity index (χ4v) is 3.92. The fourth-order valence-electron chi connectivity index (χ4n) is 1.66. The van der Waals surface area contributed by atoms with Crippen LogP contribution in [0, 0.1) is 0 Å². The second-order valence-corrected chi connectivity index (χ2v) is 7.32. The summed E-state index contributed by atoms with van der Waals surface area (Å²) in [5.74, 6) is -0.220. The van der Waals surface area contributed by atoms with Crippen molar-refractivity contribution in [3.05, 3.63) is 57.0 Å². The van der Waals surface area contributed by atoms with Crippen LogP contribution in [0.5, 0.6) is 0 Å².